The highest BCUT2D eigenvalue weighted by Gasteiger charge is 1.94. The molecule has 0 spiro atoms. The second kappa shape index (κ2) is 4.93. The predicted molar refractivity (Wildman–Crippen MR) is 32.8 cm³/mol. The normalized spacial score (nSPS) is 7.44. The van der Waals surface area contributed by atoms with Gasteiger partial charge in [-0.15, -0.1) is 0 Å². The third-order valence-electron chi connectivity index (χ3n) is 0.977. The molecule has 0 atom stereocenters. The van der Waals surface area contributed by atoms with Gasteiger partial charge in [0.15, 0.2) is 12.4 Å². The van der Waals surface area contributed by atoms with Crippen LogP contribution in [0, 0.1) is 22.9 Å². The van der Waals surface area contributed by atoms with Gasteiger partial charge in [-0.05, 0) is 6.42 Å². The minimum absolute atomic E-state index is 0.559. The van der Waals surface area contributed by atoms with Gasteiger partial charge >= 0.3 is 0 Å². The number of hydrogen-bond acceptors (Lipinski definition) is 3. The molecule has 0 heterocycles. The van der Waals surface area contributed by atoms with E-state index in [0.29, 0.717) is 6.54 Å². The van der Waals surface area contributed by atoms with Crippen molar-refractivity contribution in [2.75, 3.05) is 6.54 Å². The lowest BCUT2D eigenvalue weighted by atomic mass is 10.3. The third kappa shape index (κ3) is 3.37. The second-order valence-electron chi connectivity index (χ2n) is 1.71. The van der Waals surface area contributed by atoms with Crippen LogP contribution >= 0.6 is 0 Å². The molecular weight excluding hydrogens is 114 g/mol. The second-order valence-corrected chi connectivity index (χ2v) is 1.71. The Morgan fingerprint density at radius 3 is 2.22 bits per heavy atom. The van der Waals surface area contributed by atoms with Gasteiger partial charge < -0.3 is 0 Å². The van der Waals surface area contributed by atoms with Crippen molar-refractivity contribution < 1.29 is 0 Å². The highest BCUT2D eigenvalue weighted by Crippen LogP contribution is 1.89. The molecule has 0 rings (SSSR count). The number of nitriles is 2. The van der Waals surface area contributed by atoms with Crippen LogP contribution in [-0.4, -0.2) is 11.4 Å². The SMILES string of the molecule is CCCCN(C#N)C#N. The van der Waals surface area contributed by atoms with Gasteiger partial charge in [-0.3, -0.25) is 0 Å². The highest BCUT2D eigenvalue weighted by molar-refractivity contribution is 4.85. The van der Waals surface area contributed by atoms with E-state index >= 15 is 0 Å². The van der Waals surface area contributed by atoms with Gasteiger partial charge in [0.25, 0.3) is 0 Å². The summed E-state index contributed by atoms with van der Waals surface area (Å²) in [5.74, 6) is 0. The van der Waals surface area contributed by atoms with Gasteiger partial charge in [0.05, 0.1) is 0 Å². The Kier molecular flexibility index (Phi) is 4.26. The highest BCUT2D eigenvalue weighted by atomic mass is 15.1. The van der Waals surface area contributed by atoms with Gasteiger partial charge in [0.1, 0.15) is 0 Å². The molecule has 0 amide bonds. The minimum atomic E-state index is 0.559. The number of rotatable bonds is 3. The zero-order valence-corrected chi connectivity index (χ0v) is 5.46. The first-order chi connectivity index (χ1) is 4.35. The summed E-state index contributed by atoms with van der Waals surface area (Å²) in [5, 5.41) is 16.4. The zero-order chi connectivity index (χ0) is 7.11. The quantitative estimate of drug-likeness (QED) is 0.416. The van der Waals surface area contributed by atoms with Crippen LogP contribution in [0.1, 0.15) is 19.8 Å². The number of unbranched alkanes of at least 4 members (excludes halogenated alkanes) is 1. The lowest BCUT2D eigenvalue weighted by Gasteiger charge is -2.00. The van der Waals surface area contributed by atoms with Crippen molar-refractivity contribution in [3.63, 3.8) is 0 Å². The van der Waals surface area contributed by atoms with Crippen molar-refractivity contribution in [2.24, 2.45) is 0 Å². The first-order valence-corrected chi connectivity index (χ1v) is 2.92. The molecule has 0 aromatic rings. The van der Waals surface area contributed by atoms with Crippen LogP contribution in [0.3, 0.4) is 0 Å². The fraction of sp³-hybridized carbons (Fsp3) is 0.667. The van der Waals surface area contributed by atoms with Crippen LogP contribution in [0.25, 0.3) is 0 Å². The van der Waals surface area contributed by atoms with Crippen LogP contribution in [0.5, 0.6) is 0 Å². The Bertz CT molecular complexity index is 125. The molecule has 0 unspecified atom stereocenters. The van der Waals surface area contributed by atoms with E-state index in [2.05, 4.69) is 0 Å². The van der Waals surface area contributed by atoms with E-state index in [9.17, 15) is 0 Å². The molecule has 0 saturated heterocycles. The summed E-state index contributed by atoms with van der Waals surface area (Å²) in [6.45, 7) is 2.58. The van der Waals surface area contributed by atoms with E-state index in [4.69, 9.17) is 10.5 Å². The summed E-state index contributed by atoms with van der Waals surface area (Å²) in [6, 6.07) is 0. The summed E-state index contributed by atoms with van der Waals surface area (Å²) in [6.07, 6.45) is 5.44. The first kappa shape index (κ1) is 7.78. The number of hydrogen-bond donors (Lipinski definition) is 0. The smallest absolute Gasteiger partial charge is 0.193 e. The Morgan fingerprint density at radius 1 is 1.33 bits per heavy atom. The summed E-state index contributed by atoms with van der Waals surface area (Å²) in [7, 11) is 0. The van der Waals surface area contributed by atoms with Crippen LogP contribution in [-0.2, 0) is 0 Å². The summed E-state index contributed by atoms with van der Waals surface area (Å²) in [5.41, 5.74) is 0. The van der Waals surface area contributed by atoms with E-state index in [0.717, 1.165) is 17.7 Å². The van der Waals surface area contributed by atoms with Crippen LogP contribution < -0.4 is 0 Å². The van der Waals surface area contributed by atoms with Crippen molar-refractivity contribution in [3.05, 3.63) is 0 Å². The molecule has 0 radical (unpaired) electrons. The standard InChI is InChI=1S/C6H9N3/c1-2-3-4-9(5-7)6-8/h2-4H2,1H3. The lowest BCUT2D eigenvalue weighted by molar-refractivity contribution is 0.517. The van der Waals surface area contributed by atoms with Crippen LogP contribution in [0.2, 0.25) is 0 Å². The average molecular weight is 123 g/mol. The molecule has 0 aliphatic rings. The van der Waals surface area contributed by atoms with E-state index in [1.807, 2.05) is 6.92 Å². The molecule has 0 aliphatic heterocycles. The van der Waals surface area contributed by atoms with E-state index in [1.165, 1.54) is 0 Å². The zero-order valence-electron chi connectivity index (χ0n) is 5.46. The maximum absolute atomic E-state index is 8.21. The van der Waals surface area contributed by atoms with Crippen LogP contribution in [0.15, 0.2) is 0 Å². The first-order valence-electron chi connectivity index (χ1n) is 2.92. The molecule has 0 saturated carbocycles. The van der Waals surface area contributed by atoms with Gasteiger partial charge in [0.2, 0.25) is 0 Å². The summed E-state index contributed by atoms with van der Waals surface area (Å²) >= 11 is 0. The maximum atomic E-state index is 8.21. The van der Waals surface area contributed by atoms with E-state index in [-0.39, 0.29) is 0 Å². The lowest BCUT2D eigenvalue weighted by Crippen LogP contribution is -2.10. The van der Waals surface area contributed by atoms with Gasteiger partial charge in [-0.25, -0.2) is 4.90 Å². The molecule has 0 bridgehead atoms. The minimum Gasteiger partial charge on any atom is -0.216 e. The van der Waals surface area contributed by atoms with Crippen molar-refractivity contribution >= 4 is 0 Å². The molecule has 48 valence electrons. The third-order valence-corrected chi connectivity index (χ3v) is 0.977. The molecule has 0 fully saturated rings. The molecule has 0 aromatic heterocycles. The van der Waals surface area contributed by atoms with Gasteiger partial charge in [0, 0.05) is 6.54 Å². The summed E-state index contributed by atoms with van der Waals surface area (Å²) in [4.78, 5) is 1.07. The van der Waals surface area contributed by atoms with Crippen molar-refractivity contribution in [3.8, 4) is 12.4 Å². The largest absolute Gasteiger partial charge is 0.216 e. The average Bonchev–Trinajstić information content (AvgIpc) is 1.91. The van der Waals surface area contributed by atoms with Crippen molar-refractivity contribution in [1.82, 2.24) is 4.90 Å². The van der Waals surface area contributed by atoms with Gasteiger partial charge in [-0.1, -0.05) is 13.3 Å². The maximum Gasteiger partial charge on any atom is 0.193 e. The predicted octanol–water partition coefficient (Wildman–Crippen LogP) is 1.05. The molecule has 9 heavy (non-hydrogen) atoms. The molecule has 3 nitrogen and oxygen atoms in total. The van der Waals surface area contributed by atoms with Crippen molar-refractivity contribution in [1.29, 1.82) is 10.5 Å². The van der Waals surface area contributed by atoms with Crippen molar-refractivity contribution in [2.45, 2.75) is 19.8 Å². The Hall–Kier alpha value is -1.22. The molecule has 0 N–H and O–H groups in total. The Morgan fingerprint density at radius 2 is 1.89 bits per heavy atom. The van der Waals surface area contributed by atoms with Crippen LogP contribution in [0.4, 0.5) is 0 Å². The van der Waals surface area contributed by atoms with E-state index < -0.39 is 0 Å². The van der Waals surface area contributed by atoms with E-state index in [1.54, 1.807) is 12.4 Å². The Balaban J connectivity index is 3.38. The monoisotopic (exact) mass is 123 g/mol. The Labute approximate surface area is 55.1 Å². The number of nitrogens with zero attached hydrogens (tertiary/aromatic N) is 3. The van der Waals surface area contributed by atoms with Gasteiger partial charge in [-0.2, -0.15) is 10.5 Å². The summed E-state index contributed by atoms with van der Waals surface area (Å²) < 4.78 is 0. The molecule has 0 aromatic carbocycles. The molecule has 0 aliphatic carbocycles. The molecule has 3 heteroatoms. The fourth-order valence-electron chi connectivity index (χ4n) is 0.439. The fourth-order valence-corrected chi connectivity index (χ4v) is 0.439. The molecular formula is C6H9N3. The topological polar surface area (TPSA) is 50.8 Å².